The van der Waals surface area contributed by atoms with Crippen LogP contribution < -0.4 is 39.3 Å². The van der Waals surface area contributed by atoms with Gasteiger partial charge < -0.3 is 39.3 Å². The summed E-state index contributed by atoms with van der Waals surface area (Å²) in [6, 6.07) is 0. The van der Waals surface area contributed by atoms with Crippen molar-refractivity contribution in [2.45, 2.75) is 13.3 Å². The lowest BCUT2D eigenvalue weighted by atomic mass is 9.84. The summed E-state index contributed by atoms with van der Waals surface area (Å²) in [5.74, 6) is -1.42. The fourth-order valence-corrected chi connectivity index (χ4v) is 1.84. The zero-order chi connectivity index (χ0) is 18.1. The van der Waals surface area contributed by atoms with Gasteiger partial charge in [0, 0.05) is 45.7 Å². The minimum atomic E-state index is -1.24. The number of nitrogens with one attached hydrogen (secondary N) is 2. The van der Waals surface area contributed by atoms with Gasteiger partial charge in [-0.3, -0.25) is 14.4 Å². The maximum atomic E-state index is 12.5. The largest absolute Gasteiger partial charge is 0.369 e. The van der Waals surface area contributed by atoms with Crippen molar-refractivity contribution in [3.05, 3.63) is 0 Å². The summed E-state index contributed by atoms with van der Waals surface area (Å²) >= 11 is 0. The van der Waals surface area contributed by atoms with Crippen molar-refractivity contribution in [1.29, 1.82) is 0 Å². The number of hydrogen-bond acceptors (Lipinski definition) is 7. The molecule has 0 rings (SSSR count). The van der Waals surface area contributed by atoms with Crippen LogP contribution in [-0.4, -0.2) is 57.0 Å². The van der Waals surface area contributed by atoms with Crippen LogP contribution in [0.4, 0.5) is 0 Å². The first kappa shape index (κ1) is 21.2. The maximum absolute atomic E-state index is 12.5. The number of carbonyl (C=O) groups is 3. The van der Waals surface area contributed by atoms with E-state index in [1.165, 1.54) is 0 Å². The highest BCUT2D eigenvalue weighted by Gasteiger charge is 2.39. The molecule has 0 bridgehead atoms. The fraction of sp³-hybridized carbons (Fsp3) is 0.769. The molecule has 0 aromatic heterocycles. The van der Waals surface area contributed by atoms with E-state index in [0.717, 1.165) is 0 Å². The van der Waals surface area contributed by atoms with Gasteiger partial charge in [-0.15, -0.1) is 0 Å². The maximum Gasteiger partial charge on any atom is 0.230 e. The van der Waals surface area contributed by atoms with Crippen LogP contribution in [-0.2, 0) is 14.4 Å². The lowest BCUT2D eigenvalue weighted by Crippen LogP contribution is -2.60. The molecule has 0 atom stereocenters. The molecule has 10 heteroatoms. The highest BCUT2D eigenvalue weighted by atomic mass is 16.2. The standard InChI is InChI=1S/C13H29N7O3/c1-2-9(21)19-8-13(5-16,6-17)11(23)20-7-12(3-14,4-15)10(18)22/h2-8,14-17H2,1H3,(H2,18,22)(H,19,21)(H,20,23). The lowest BCUT2D eigenvalue weighted by molar-refractivity contribution is -0.132. The van der Waals surface area contributed by atoms with E-state index in [1.807, 2.05) is 0 Å². The van der Waals surface area contributed by atoms with E-state index in [2.05, 4.69) is 10.6 Å². The average molecular weight is 331 g/mol. The lowest BCUT2D eigenvalue weighted by Gasteiger charge is -2.33. The Labute approximate surface area is 135 Å². The number of nitrogens with two attached hydrogens (primary N) is 5. The second-order valence-electron chi connectivity index (χ2n) is 5.55. The van der Waals surface area contributed by atoms with Gasteiger partial charge in [0.05, 0.1) is 10.8 Å². The van der Waals surface area contributed by atoms with Crippen LogP contribution in [0.25, 0.3) is 0 Å². The van der Waals surface area contributed by atoms with Crippen LogP contribution in [0.3, 0.4) is 0 Å². The van der Waals surface area contributed by atoms with Crippen LogP contribution in [0.1, 0.15) is 13.3 Å². The molecular formula is C13H29N7O3. The molecular weight excluding hydrogens is 302 g/mol. The predicted octanol–water partition coefficient (Wildman–Crippen LogP) is -4.08. The van der Waals surface area contributed by atoms with Gasteiger partial charge in [-0.05, 0) is 0 Å². The molecule has 0 spiro atoms. The molecule has 0 aliphatic heterocycles. The van der Waals surface area contributed by atoms with Gasteiger partial charge in [0.15, 0.2) is 0 Å². The minimum Gasteiger partial charge on any atom is -0.369 e. The first-order valence-electron chi connectivity index (χ1n) is 7.42. The van der Waals surface area contributed by atoms with E-state index in [9.17, 15) is 14.4 Å². The molecule has 23 heavy (non-hydrogen) atoms. The van der Waals surface area contributed by atoms with Crippen LogP contribution in [0, 0.1) is 10.8 Å². The van der Waals surface area contributed by atoms with Gasteiger partial charge in [-0.1, -0.05) is 6.92 Å². The number of rotatable bonds is 11. The number of amides is 3. The van der Waals surface area contributed by atoms with Crippen LogP contribution in [0.15, 0.2) is 0 Å². The third-order valence-electron chi connectivity index (χ3n) is 4.10. The molecule has 10 nitrogen and oxygen atoms in total. The van der Waals surface area contributed by atoms with Crippen LogP contribution in [0.2, 0.25) is 0 Å². The van der Waals surface area contributed by atoms with Crippen molar-refractivity contribution in [3.8, 4) is 0 Å². The van der Waals surface area contributed by atoms with E-state index < -0.39 is 22.6 Å². The van der Waals surface area contributed by atoms with Crippen LogP contribution >= 0.6 is 0 Å². The second-order valence-corrected chi connectivity index (χ2v) is 5.55. The van der Waals surface area contributed by atoms with Crippen molar-refractivity contribution in [2.24, 2.45) is 39.5 Å². The summed E-state index contributed by atoms with van der Waals surface area (Å²) in [6.07, 6.45) is 0.276. The predicted molar refractivity (Wildman–Crippen MR) is 86.6 cm³/mol. The smallest absolute Gasteiger partial charge is 0.230 e. The zero-order valence-electron chi connectivity index (χ0n) is 13.6. The molecule has 0 fully saturated rings. The van der Waals surface area contributed by atoms with E-state index in [0.29, 0.717) is 0 Å². The highest BCUT2D eigenvalue weighted by Crippen LogP contribution is 2.16. The number of carbonyl (C=O) groups excluding carboxylic acids is 3. The minimum absolute atomic E-state index is 0.00662. The summed E-state index contributed by atoms with van der Waals surface area (Å²) < 4.78 is 0. The van der Waals surface area contributed by atoms with Crippen molar-refractivity contribution in [2.75, 3.05) is 39.3 Å². The third kappa shape index (κ3) is 5.13. The van der Waals surface area contributed by atoms with Gasteiger partial charge in [-0.25, -0.2) is 0 Å². The molecule has 0 aliphatic carbocycles. The first-order chi connectivity index (χ1) is 10.8. The Balaban J connectivity index is 5.05. The molecule has 0 saturated carbocycles. The van der Waals surface area contributed by atoms with E-state index in [-0.39, 0.29) is 51.6 Å². The van der Waals surface area contributed by atoms with Crippen molar-refractivity contribution in [3.63, 3.8) is 0 Å². The first-order valence-corrected chi connectivity index (χ1v) is 7.42. The average Bonchev–Trinajstić information content (AvgIpc) is 2.56. The van der Waals surface area contributed by atoms with E-state index in [4.69, 9.17) is 28.7 Å². The Morgan fingerprint density at radius 3 is 1.61 bits per heavy atom. The molecule has 0 unspecified atom stereocenters. The molecule has 0 heterocycles. The highest BCUT2D eigenvalue weighted by molar-refractivity contribution is 5.86. The van der Waals surface area contributed by atoms with Gasteiger partial charge >= 0.3 is 0 Å². The van der Waals surface area contributed by atoms with Gasteiger partial charge in [0.2, 0.25) is 17.7 Å². The van der Waals surface area contributed by atoms with Gasteiger partial charge in [-0.2, -0.15) is 0 Å². The molecule has 0 saturated heterocycles. The normalized spacial score (nSPS) is 11.9. The summed E-state index contributed by atoms with van der Waals surface area (Å²) in [5, 5.41) is 5.18. The Hall–Kier alpha value is -1.75. The number of hydrogen-bond donors (Lipinski definition) is 7. The molecule has 0 aliphatic rings. The Morgan fingerprint density at radius 2 is 1.26 bits per heavy atom. The quantitative estimate of drug-likeness (QED) is 0.199. The Morgan fingerprint density at radius 1 is 0.826 bits per heavy atom. The second kappa shape index (κ2) is 9.40. The topological polar surface area (TPSA) is 205 Å². The van der Waals surface area contributed by atoms with Crippen molar-refractivity contribution in [1.82, 2.24) is 10.6 Å². The summed E-state index contributed by atoms with van der Waals surface area (Å²) in [6.45, 7) is 1.19. The van der Waals surface area contributed by atoms with Crippen LogP contribution in [0.5, 0.6) is 0 Å². The molecule has 0 aromatic rings. The third-order valence-corrected chi connectivity index (χ3v) is 4.10. The SMILES string of the molecule is CCC(=O)NCC(CN)(CN)C(=O)NCC(CN)(CN)C(N)=O. The van der Waals surface area contributed by atoms with Gasteiger partial charge in [0.1, 0.15) is 0 Å². The number of primary amides is 1. The Bertz CT molecular complexity index is 420. The van der Waals surface area contributed by atoms with Crippen molar-refractivity contribution < 1.29 is 14.4 Å². The zero-order valence-corrected chi connectivity index (χ0v) is 13.6. The van der Waals surface area contributed by atoms with E-state index >= 15 is 0 Å². The molecule has 0 radical (unpaired) electrons. The fourth-order valence-electron chi connectivity index (χ4n) is 1.84. The summed E-state index contributed by atoms with van der Waals surface area (Å²) in [4.78, 5) is 35.4. The van der Waals surface area contributed by atoms with Gasteiger partial charge in [0.25, 0.3) is 0 Å². The monoisotopic (exact) mass is 331 g/mol. The molecule has 12 N–H and O–H groups in total. The van der Waals surface area contributed by atoms with E-state index in [1.54, 1.807) is 6.92 Å². The molecule has 0 aromatic carbocycles. The Kier molecular flexibility index (Phi) is 8.69. The molecule has 134 valence electrons. The van der Waals surface area contributed by atoms with Crippen molar-refractivity contribution >= 4 is 17.7 Å². The summed E-state index contributed by atoms with van der Waals surface area (Å²) in [5.41, 5.74) is 25.4. The molecule has 3 amide bonds. The summed E-state index contributed by atoms with van der Waals surface area (Å²) in [7, 11) is 0.